The van der Waals surface area contributed by atoms with Crippen molar-refractivity contribution < 1.29 is 4.79 Å². The minimum absolute atomic E-state index is 0.136. The standard InChI is InChI=1S/C13H17NOS2/c1-9-7-14(8-10(2)17-9)13(15)11-3-5-12(16)6-4-11/h3-6,9-10,16H,7-8H2,1-2H3. The van der Waals surface area contributed by atoms with Gasteiger partial charge >= 0.3 is 0 Å². The van der Waals surface area contributed by atoms with E-state index in [-0.39, 0.29) is 5.91 Å². The van der Waals surface area contributed by atoms with Gasteiger partial charge in [0.15, 0.2) is 0 Å². The SMILES string of the molecule is CC1CN(C(=O)c2ccc(S)cc2)CC(C)S1. The van der Waals surface area contributed by atoms with E-state index in [0.717, 1.165) is 23.5 Å². The molecule has 0 saturated carbocycles. The summed E-state index contributed by atoms with van der Waals surface area (Å²) >= 11 is 6.18. The average molecular weight is 267 g/mol. The summed E-state index contributed by atoms with van der Waals surface area (Å²) in [7, 11) is 0. The lowest BCUT2D eigenvalue weighted by atomic mass is 10.2. The maximum atomic E-state index is 12.3. The van der Waals surface area contributed by atoms with Crippen molar-refractivity contribution in [1.82, 2.24) is 4.90 Å². The summed E-state index contributed by atoms with van der Waals surface area (Å²) in [5.41, 5.74) is 0.758. The van der Waals surface area contributed by atoms with Crippen molar-refractivity contribution in [2.75, 3.05) is 13.1 Å². The molecule has 2 unspecified atom stereocenters. The Kier molecular flexibility index (Phi) is 4.05. The van der Waals surface area contributed by atoms with Crippen molar-refractivity contribution >= 4 is 30.3 Å². The third-order valence-corrected chi connectivity index (χ3v) is 4.35. The summed E-state index contributed by atoms with van der Waals surface area (Å²) in [5.74, 6) is 0.136. The number of carbonyl (C=O) groups excluding carboxylic acids is 1. The van der Waals surface area contributed by atoms with Gasteiger partial charge in [-0.2, -0.15) is 11.8 Å². The van der Waals surface area contributed by atoms with Crippen molar-refractivity contribution in [3.05, 3.63) is 29.8 Å². The van der Waals surface area contributed by atoms with Crippen LogP contribution in [-0.2, 0) is 0 Å². The highest BCUT2D eigenvalue weighted by Crippen LogP contribution is 2.25. The Labute approximate surface area is 112 Å². The first-order valence-corrected chi connectivity index (χ1v) is 7.19. The molecule has 1 aliphatic heterocycles. The number of hydrogen-bond acceptors (Lipinski definition) is 3. The molecule has 0 radical (unpaired) electrons. The van der Waals surface area contributed by atoms with E-state index in [2.05, 4.69) is 26.5 Å². The second-order valence-corrected chi connectivity index (χ2v) is 6.91. The van der Waals surface area contributed by atoms with Crippen molar-refractivity contribution in [2.45, 2.75) is 29.2 Å². The zero-order valence-electron chi connectivity index (χ0n) is 10.1. The van der Waals surface area contributed by atoms with E-state index in [1.807, 2.05) is 40.9 Å². The van der Waals surface area contributed by atoms with E-state index in [1.54, 1.807) is 0 Å². The maximum Gasteiger partial charge on any atom is 0.253 e. The molecule has 2 nitrogen and oxygen atoms in total. The van der Waals surface area contributed by atoms with E-state index < -0.39 is 0 Å². The second kappa shape index (κ2) is 5.36. The number of rotatable bonds is 1. The Hall–Kier alpha value is -0.610. The van der Waals surface area contributed by atoms with Crippen LogP contribution in [0.3, 0.4) is 0 Å². The summed E-state index contributed by atoms with van der Waals surface area (Å²) in [6.07, 6.45) is 0. The zero-order chi connectivity index (χ0) is 12.4. The number of thiol groups is 1. The molecule has 1 aliphatic rings. The van der Waals surface area contributed by atoms with Crippen LogP contribution in [-0.4, -0.2) is 34.4 Å². The van der Waals surface area contributed by atoms with Crippen LogP contribution in [0.25, 0.3) is 0 Å². The highest BCUT2D eigenvalue weighted by molar-refractivity contribution is 8.00. The van der Waals surface area contributed by atoms with Gasteiger partial charge < -0.3 is 4.90 Å². The van der Waals surface area contributed by atoms with Crippen LogP contribution in [0.2, 0.25) is 0 Å². The molecular weight excluding hydrogens is 250 g/mol. The third kappa shape index (κ3) is 3.19. The van der Waals surface area contributed by atoms with E-state index in [0.29, 0.717) is 10.5 Å². The maximum absolute atomic E-state index is 12.3. The van der Waals surface area contributed by atoms with Crippen LogP contribution in [0.5, 0.6) is 0 Å². The van der Waals surface area contributed by atoms with Crippen LogP contribution in [0.15, 0.2) is 29.2 Å². The molecule has 0 aliphatic carbocycles. The monoisotopic (exact) mass is 267 g/mol. The molecule has 1 heterocycles. The molecule has 17 heavy (non-hydrogen) atoms. The first-order chi connectivity index (χ1) is 8.06. The number of hydrogen-bond donors (Lipinski definition) is 1. The number of carbonyl (C=O) groups is 1. The summed E-state index contributed by atoms with van der Waals surface area (Å²) in [5, 5.41) is 1.04. The summed E-state index contributed by atoms with van der Waals surface area (Å²) < 4.78 is 0. The Morgan fingerprint density at radius 1 is 1.24 bits per heavy atom. The van der Waals surface area contributed by atoms with Gasteiger partial charge in [-0.25, -0.2) is 0 Å². The fourth-order valence-corrected chi connectivity index (χ4v) is 3.60. The number of thioether (sulfide) groups is 1. The van der Waals surface area contributed by atoms with Crippen LogP contribution < -0.4 is 0 Å². The molecule has 1 aromatic carbocycles. The molecule has 1 saturated heterocycles. The number of amides is 1. The molecule has 1 amide bonds. The highest BCUT2D eigenvalue weighted by Gasteiger charge is 2.26. The van der Waals surface area contributed by atoms with Gasteiger partial charge in [0.05, 0.1) is 0 Å². The predicted molar refractivity (Wildman–Crippen MR) is 76.1 cm³/mol. The fraction of sp³-hybridized carbons (Fsp3) is 0.462. The molecule has 92 valence electrons. The number of benzene rings is 1. The van der Waals surface area contributed by atoms with Crippen LogP contribution in [0.1, 0.15) is 24.2 Å². The highest BCUT2D eigenvalue weighted by atomic mass is 32.2. The molecule has 2 rings (SSSR count). The molecule has 1 fully saturated rings. The van der Waals surface area contributed by atoms with Crippen molar-refractivity contribution in [3.8, 4) is 0 Å². The van der Waals surface area contributed by atoms with Gasteiger partial charge in [-0.05, 0) is 24.3 Å². The summed E-state index contributed by atoms with van der Waals surface area (Å²) in [4.78, 5) is 15.1. The van der Waals surface area contributed by atoms with Gasteiger partial charge in [0, 0.05) is 34.0 Å². The van der Waals surface area contributed by atoms with Crippen molar-refractivity contribution in [1.29, 1.82) is 0 Å². The molecule has 0 bridgehead atoms. The first kappa shape index (κ1) is 12.8. The summed E-state index contributed by atoms with van der Waals surface area (Å²) in [6, 6.07) is 7.42. The Balaban J connectivity index is 2.11. The minimum atomic E-state index is 0.136. The first-order valence-electron chi connectivity index (χ1n) is 5.80. The van der Waals surface area contributed by atoms with Gasteiger partial charge in [0.1, 0.15) is 0 Å². The van der Waals surface area contributed by atoms with Gasteiger partial charge in [-0.1, -0.05) is 13.8 Å². The quantitative estimate of drug-likeness (QED) is 0.790. The number of nitrogens with zero attached hydrogens (tertiary/aromatic N) is 1. The normalized spacial score (nSPS) is 24.8. The zero-order valence-corrected chi connectivity index (χ0v) is 11.8. The van der Waals surface area contributed by atoms with Gasteiger partial charge in [0.2, 0.25) is 0 Å². The van der Waals surface area contributed by atoms with E-state index in [9.17, 15) is 4.79 Å². The average Bonchev–Trinajstić information content (AvgIpc) is 2.28. The van der Waals surface area contributed by atoms with Crippen LogP contribution in [0.4, 0.5) is 0 Å². The largest absolute Gasteiger partial charge is 0.336 e. The van der Waals surface area contributed by atoms with Crippen LogP contribution in [0, 0.1) is 0 Å². The van der Waals surface area contributed by atoms with Gasteiger partial charge in [0.25, 0.3) is 5.91 Å². The van der Waals surface area contributed by atoms with Crippen molar-refractivity contribution in [3.63, 3.8) is 0 Å². The lowest BCUT2D eigenvalue weighted by Crippen LogP contribution is -2.44. The van der Waals surface area contributed by atoms with Crippen LogP contribution >= 0.6 is 24.4 Å². The lowest BCUT2D eigenvalue weighted by Gasteiger charge is -2.34. The van der Waals surface area contributed by atoms with Crippen molar-refractivity contribution in [2.24, 2.45) is 0 Å². The fourth-order valence-electron chi connectivity index (χ4n) is 2.13. The molecule has 4 heteroatoms. The Morgan fingerprint density at radius 3 is 2.29 bits per heavy atom. The minimum Gasteiger partial charge on any atom is -0.336 e. The molecule has 0 aromatic heterocycles. The molecule has 2 atom stereocenters. The van der Waals surface area contributed by atoms with E-state index >= 15 is 0 Å². The molecule has 1 aromatic rings. The Morgan fingerprint density at radius 2 is 1.76 bits per heavy atom. The molecule has 0 spiro atoms. The smallest absolute Gasteiger partial charge is 0.253 e. The lowest BCUT2D eigenvalue weighted by molar-refractivity contribution is 0.0753. The second-order valence-electron chi connectivity index (χ2n) is 4.51. The van der Waals surface area contributed by atoms with Gasteiger partial charge in [-0.15, -0.1) is 12.6 Å². The molecular formula is C13H17NOS2. The topological polar surface area (TPSA) is 20.3 Å². The van der Waals surface area contributed by atoms with E-state index in [1.165, 1.54) is 0 Å². The third-order valence-electron chi connectivity index (χ3n) is 2.82. The predicted octanol–water partition coefficient (Wildman–Crippen LogP) is 2.94. The van der Waals surface area contributed by atoms with Gasteiger partial charge in [-0.3, -0.25) is 4.79 Å². The Bertz CT molecular complexity index is 394. The van der Waals surface area contributed by atoms with E-state index in [4.69, 9.17) is 0 Å². The summed E-state index contributed by atoms with van der Waals surface area (Å²) in [6.45, 7) is 6.04. The molecule has 0 N–H and O–H groups in total.